The first-order valence-electron chi connectivity index (χ1n) is 9.96. The molecule has 0 radical (unpaired) electrons. The van der Waals surface area contributed by atoms with Crippen molar-refractivity contribution in [2.75, 3.05) is 32.6 Å². The normalized spacial score (nSPS) is 15.7. The van der Waals surface area contributed by atoms with Gasteiger partial charge in [-0.1, -0.05) is 12.1 Å². The number of ether oxygens (including phenoxy) is 2. The van der Waals surface area contributed by atoms with Gasteiger partial charge >= 0.3 is 0 Å². The first-order valence-corrected chi connectivity index (χ1v) is 9.96. The van der Waals surface area contributed by atoms with E-state index in [-0.39, 0.29) is 17.9 Å². The Hall–Kier alpha value is -2.86. The predicted molar refractivity (Wildman–Crippen MR) is 112 cm³/mol. The van der Waals surface area contributed by atoms with Crippen LogP contribution in [0.2, 0.25) is 0 Å². The van der Waals surface area contributed by atoms with Crippen molar-refractivity contribution in [3.63, 3.8) is 0 Å². The molecular weight excluding hydrogens is 368 g/mol. The third-order valence-electron chi connectivity index (χ3n) is 4.89. The van der Waals surface area contributed by atoms with Gasteiger partial charge < -0.3 is 19.7 Å². The summed E-state index contributed by atoms with van der Waals surface area (Å²) in [6.45, 7) is 1.34. The van der Waals surface area contributed by atoms with Crippen molar-refractivity contribution in [1.29, 1.82) is 0 Å². The van der Waals surface area contributed by atoms with E-state index in [1.54, 1.807) is 43.3 Å². The van der Waals surface area contributed by atoms with Gasteiger partial charge in [0.15, 0.2) is 0 Å². The summed E-state index contributed by atoms with van der Waals surface area (Å²) < 4.78 is 11.3. The molecule has 1 heterocycles. The van der Waals surface area contributed by atoms with Gasteiger partial charge in [-0.2, -0.15) is 0 Å². The lowest BCUT2D eigenvalue weighted by Crippen LogP contribution is -2.21. The number of carbonyl (C=O) groups is 2. The minimum Gasteiger partial charge on any atom is -0.491 e. The van der Waals surface area contributed by atoms with E-state index in [2.05, 4.69) is 5.32 Å². The molecule has 0 bridgehead atoms. The molecule has 0 aromatic heterocycles. The number of rotatable bonds is 8. The number of amides is 2. The summed E-state index contributed by atoms with van der Waals surface area (Å²) in [6, 6.07) is 14.7. The van der Waals surface area contributed by atoms with Crippen LogP contribution in [0.3, 0.4) is 0 Å². The van der Waals surface area contributed by atoms with Gasteiger partial charge in [0, 0.05) is 38.4 Å². The van der Waals surface area contributed by atoms with Gasteiger partial charge in [0.2, 0.25) is 5.91 Å². The number of nitrogens with zero attached hydrogens (tertiary/aromatic N) is 1. The Morgan fingerprint density at radius 1 is 1.17 bits per heavy atom. The first kappa shape index (κ1) is 20.9. The van der Waals surface area contributed by atoms with E-state index >= 15 is 0 Å². The molecule has 0 aliphatic carbocycles. The van der Waals surface area contributed by atoms with E-state index in [1.807, 2.05) is 24.3 Å². The Labute approximate surface area is 171 Å². The van der Waals surface area contributed by atoms with Crippen LogP contribution in [-0.2, 0) is 16.0 Å². The predicted octanol–water partition coefficient (Wildman–Crippen LogP) is 3.52. The van der Waals surface area contributed by atoms with Gasteiger partial charge in [-0.05, 0) is 61.2 Å². The Morgan fingerprint density at radius 2 is 1.97 bits per heavy atom. The molecule has 3 rings (SSSR count). The summed E-state index contributed by atoms with van der Waals surface area (Å²) >= 11 is 0. The van der Waals surface area contributed by atoms with Gasteiger partial charge in [-0.25, -0.2) is 0 Å². The Bertz CT molecular complexity index is 827. The van der Waals surface area contributed by atoms with E-state index in [0.717, 1.165) is 30.8 Å². The van der Waals surface area contributed by atoms with Crippen LogP contribution < -0.4 is 10.1 Å². The molecule has 1 atom stereocenters. The van der Waals surface area contributed by atoms with E-state index in [9.17, 15) is 9.59 Å². The molecule has 1 saturated heterocycles. The second-order valence-corrected chi connectivity index (χ2v) is 7.41. The first-order chi connectivity index (χ1) is 14.0. The van der Waals surface area contributed by atoms with Gasteiger partial charge in [0.25, 0.3) is 5.91 Å². The molecule has 0 spiro atoms. The number of aryl methyl sites for hydroxylation is 1. The highest BCUT2D eigenvalue weighted by Crippen LogP contribution is 2.18. The standard InChI is InChI=1S/C23H28N2O4/c1-25(2)22(26)13-8-17-5-3-6-19(15-17)24-23(27)18-9-11-20(12-10-18)29-16-21-7-4-14-28-21/h3,5-6,9-12,15,21H,4,7-8,13-14,16H2,1-2H3,(H,24,27). The van der Waals surface area contributed by atoms with Crippen LogP contribution >= 0.6 is 0 Å². The minimum atomic E-state index is -0.183. The second-order valence-electron chi connectivity index (χ2n) is 7.41. The fourth-order valence-corrected chi connectivity index (χ4v) is 3.15. The average molecular weight is 396 g/mol. The molecule has 1 aliphatic heterocycles. The zero-order chi connectivity index (χ0) is 20.6. The summed E-state index contributed by atoms with van der Waals surface area (Å²) in [5.41, 5.74) is 2.28. The van der Waals surface area contributed by atoms with Gasteiger partial charge in [0.05, 0.1) is 6.10 Å². The molecule has 29 heavy (non-hydrogen) atoms. The number of hydrogen-bond acceptors (Lipinski definition) is 4. The van der Waals surface area contributed by atoms with Crippen molar-refractivity contribution in [3.8, 4) is 5.75 Å². The van der Waals surface area contributed by atoms with Crippen molar-refractivity contribution >= 4 is 17.5 Å². The minimum absolute atomic E-state index is 0.0845. The Morgan fingerprint density at radius 3 is 2.66 bits per heavy atom. The van der Waals surface area contributed by atoms with Crippen molar-refractivity contribution in [1.82, 2.24) is 4.90 Å². The fourth-order valence-electron chi connectivity index (χ4n) is 3.15. The highest BCUT2D eigenvalue weighted by atomic mass is 16.5. The SMILES string of the molecule is CN(C)C(=O)CCc1cccc(NC(=O)c2ccc(OCC3CCCO3)cc2)c1. The maximum absolute atomic E-state index is 12.5. The average Bonchev–Trinajstić information content (AvgIpc) is 3.24. The monoisotopic (exact) mass is 396 g/mol. The molecule has 2 amide bonds. The van der Waals surface area contributed by atoms with Crippen LogP contribution in [0.1, 0.15) is 35.2 Å². The van der Waals surface area contributed by atoms with E-state index in [1.165, 1.54) is 0 Å². The van der Waals surface area contributed by atoms with Crippen molar-refractivity contribution in [2.24, 2.45) is 0 Å². The molecule has 1 N–H and O–H groups in total. The summed E-state index contributed by atoms with van der Waals surface area (Å²) in [6.07, 6.45) is 3.36. The number of nitrogens with one attached hydrogen (secondary N) is 1. The lowest BCUT2D eigenvalue weighted by molar-refractivity contribution is -0.128. The zero-order valence-electron chi connectivity index (χ0n) is 17.0. The second kappa shape index (κ2) is 10.1. The largest absolute Gasteiger partial charge is 0.491 e. The number of carbonyl (C=O) groups excluding carboxylic acids is 2. The van der Waals surface area contributed by atoms with Gasteiger partial charge in [-0.15, -0.1) is 0 Å². The van der Waals surface area contributed by atoms with E-state index in [0.29, 0.717) is 30.7 Å². The molecule has 154 valence electrons. The number of anilines is 1. The Balaban J connectivity index is 1.52. The summed E-state index contributed by atoms with van der Waals surface area (Å²) in [7, 11) is 3.50. The highest BCUT2D eigenvalue weighted by molar-refractivity contribution is 6.04. The van der Waals surface area contributed by atoms with E-state index in [4.69, 9.17) is 9.47 Å². The van der Waals surface area contributed by atoms with Gasteiger partial charge in [0.1, 0.15) is 12.4 Å². The van der Waals surface area contributed by atoms with Crippen LogP contribution in [0.4, 0.5) is 5.69 Å². The molecular formula is C23H28N2O4. The lowest BCUT2D eigenvalue weighted by Gasteiger charge is -2.12. The molecule has 0 saturated carbocycles. The van der Waals surface area contributed by atoms with E-state index < -0.39 is 0 Å². The summed E-state index contributed by atoms with van der Waals surface area (Å²) in [4.78, 5) is 25.9. The van der Waals surface area contributed by atoms with Crippen molar-refractivity contribution in [2.45, 2.75) is 31.8 Å². The lowest BCUT2D eigenvalue weighted by atomic mass is 10.1. The molecule has 1 unspecified atom stereocenters. The van der Waals surface area contributed by atoms with Gasteiger partial charge in [-0.3, -0.25) is 9.59 Å². The molecule has 6 heteroatoms. The summed E-state index contributed by atoms with van der Waals surface area (Å²) in [5.74, 6) is 0.628. The van der Waals surface area contributed by atoms with Crippen molar-refractivity contribution in [3.05, 3.63) is 59.7 Å². The highest BCUT2D eigenvalue weighted by Gasteiger charge is 2.16. The van der Waals surface area contributed by atoms with Crippen LogP contribution in [0, 0.1) is 0 Å². The Kier molecular flexibility index (Phi) is 7.25. The maximum atomic E-state index is 12.5. The molecule has 6 nitrogen and oxygen atoms in total. The number of benzene rings is 2. The van der Waals surface area contributed by atoms with Crippen LogP contribution in [0.15, 0.2) is 48.5 Å². The van der Waals surface area contributed by atoms with Crippen LogP contribution in [0.5, 0.6) is 5.75 Å². The third-order valence-corrected chi connectivity index (χ3v) is 4.89. The summed E-state index contributed by atoms with van der Waals surface area (Å²) in [5, 5.41) is 2.91. The molecule has 2 aromatic rings. The van der Waals surface area contributed by atoms with Crippen LogP contribution in [0.25, 0.3) is 0 Å². The zero-order valence-corrected chi connectivity index (χ0v) is 17.0. The quantitative estimate of drug-likeness (QED) is 0.741. The third kappa shape index (κ3) is 6.32. The molecule has 1 aliphatic rings. The number of hydrogen-bond donors (Lipinski definition) is 1. The fraction of sp³-hybridized carbons (Fsp3) is 0.391. The smallest absolute Gasteiger partial charge is 0.255 e. The topological polar surface area (TPSA) is 67.9 Å². The molecule has 2 aromatic carbocycles. The van der Waals surface area contributed by atoms with Crippen LogP contribution in [-0.4, -0.2) is 50.1 Å². The maximum Gasteiger partial charge on any atom is 0.255 e. The van der Waals surface area contributed by atoms with Crippen molar-refractivity contribution < 1.29 is 19.1 Å². The molecule has 1 fully saturated rings.